The average molecular weight is 362 g/mol. The van der Waals surface area contributed by atoms with Gasteiger partial charge in [-0.1, -0.05) is 18.2 Å². The maximum absolute atomic E-state index is 13.6. The second-order valence-corrected chi connectivity index (χ2v) is 6.28. The third-order valence-electron chi connectivity index (χ3n) is 4.53. The van der Waals surface area contributed by atoms with Crippen molar-refractivity contribution in [3.05, 3.63) is 36.0 Å². The monoisotopic (exact) mass is 362 g/mol. The lowest BCUT2D eigenvalue weighted by Gasteiger charge is -2.21. The summed E-state index contributed by atoms with van der Waals surface area (Å²) >= 11 is 0. The highest BCUT2D eigenvalue weighted by Crippen LogP contribution is 2.24. The number of methoxy groups -OCH3 is 1. The number of halogens is 1. The zero-order chi connectivity index (χ0) is 18.8. The van der Waals surface area contributed by atoms with E-state index in [1.54, 1.807) is 35.0 Å². The van der Waals surface area contributed by atoms with Gasteiger partial charge in [-0.25, -0.2) is 9.18 Å². The minimum absolute atomic E-state index is 0.0846. The van der Waals surface area contributed by atoms with Crippen molar-refractivity contribution in [2.24, 2.45) is 0 Å². The summed E-state index contributed by atoms with van der Waals surface area (Å²) in [6.07, 6.45) is 0.00798. The molecule has 7 nitrogen and oxygen atoms in total. The number of likely N-dealkylation sites (tertiary alicyclic amines) is 1. The zero-order valence-corrected chi connectivity index (χ0v) is 14.2. The van der Waals surface area contributed by atoms with Crippen molar-refractivity contribution in [3.8, 4) is 0 Å². The van der Waals surface area contributed by atoms with Crippen molar-refractivity contribution in [1.29, 1.82) is 0 Å². The maximum atomic E-state index is 13.6. The molecular weight excluding hydrogens is 343 g/mol. The SMILES string of the molecule is COCC(=O)c1cn(CC(=O)N2C[C@H](F)C[C@H]2C(=O)O)c2ccccc12. The molecule has 1 aromatic carbocycles. The number of carboxylic acid groups (broad SMARTS) is 1. The first-order valence-corrected chi connectivity index (χ1v) is 8.18. The van der Waals surface area contributed by atoms with E-state index < -0.39 is 24.1 Å². The largest absolute Gasteiger partial charge is 0.480 e. The van der Waals surface area contributed by atoms with Crippen molar-refractivity contribution in [3.63, 3.8) is 0 Å². The van der Waals surface area contributed by atoms with Crippen LogP contribution in [-0.4, -0.2) is 64.7 Å². The molecule has 1 amide bonds. The molecule has 26 heavy (non-hydrogen) atoms. The van der Waals surface area contributed by atoms with E-state index in [2.05, 4.69) is 0 Å². The van der Waals surface area contributed by atoms with Gasteiger partial charge in [-0.05, 0) is 6.07 Å². The molecule has 0 bridgehead atoms. The molecule has 8 heteroatoms. The Kier molecular flexibility index (Phi) is 5.03. The van der Waals surface area contributed by atoms with E-state index in [4.69, 9.17) is 4.74 Å². The number of hydrogen-bond acceptors (Lipinski definition) is 4. The van der Waals surface area contributed by atoms with Gasteiger partial charge in [-0.2, -0.15) is 0 Å². The van der Waals surface area contributed by atoms with Crippen molar-refractivity contribution < 1.29 is 28.6 Å². The summed E-state index contributed by atoms with van der Waals surface area (Å²) in [6, 6.07) is 5.94. The Hall–Kier alpha value is -2.74. The van der Waals surface area contributed by atoms with E-state index >= 15 is 0 Å². The third kappa shape index (κ3) is 3.32. The molecule has 1 aromatic heterocycles. The quantitative estimate of drug-likeness (QED) is 0.787. The highest BCUT2D eigenvalue weighted by molar-refractivity contribution is 6.09. The van der Waals surface area contributed by atoms with E-state index in [-0.39, 0.29) is 31.9 Å². The number of ketones is 1. The zero-order valence-electron chi connectivity index (χ0n) is 14.2. The summed E-state index contributed by atoms with van der Waals surface area (Å²) in [5.74, 6) is -1.93. The predicted molar refractivity (Wildman–Crippen MR) is 90.8 cm³/mol. The molecule has 1 N–H and O–H groups in total. The number of carbonyl (C=O) groups excluding carboxylic acids is 2. The number of rotatable bonds is 6. The fraction of sp³-hybridized carbons (Fsp3) is 0.389. The number of alkyl halides is 1. The first-order chi connectivity index (χ1) is 12.4. The minimum Gasteiger partial charge on any atom is -0.480 e. The molecule has 0 unspecified atom stereocenters. The molecule has 2 atom stereocenters. The maximum Gasteiger partial charge on any atom is 0.326 e. The Morgan fingerprint density at radius 1 is 1.31 bits per heavy atom. The normalized spacial score (nSPS) is 19.8. The molecule has 1 saturated heterocycles. The summed E-state index contributed by atoms with van der Waals surface area (Å²) in [5.41, 5.74) is 1.10. The Morgan fingerprint density at radius 2 is 2.04 bits per heavy atom. The topological polar surface area (TPSA) is 88.8 Å². The van der Waals surface area contributed by atoms with Crippen molar-refractivity contribution >= 4 is 28.6 Å². The van der Waals surface area contributed by atoms with Crippen LogP contribution in [0.1, 0.15) is 16.8 Å². The van der Waals surface area contributed by atoms with Crippen LogP contribution >= 0.6 is 0 Å². The van der Waals surface area contributed by atoms with Gasteiger partial charge in [0, 0.05) is 36.2 Å². The summed E-state index contributed by atoms with van der Waals surface area (Å²) in [6.45, 7) is -0.486. The van der Waals surface area contributed by atoms with Crippen LogP contribution < -0.4 is 0 Å². The molecule has 0 radical (unpaired) electrons. The van der Waals surface area contributed by atoms with Crippen LogP contribution in [0.2, 0.25) is 0 Å². The van der Waals surface area contributed by atoms with Gasteiger partial charge in [-0.3, -0.25) is 9.59 Å². The first-order valence-electron chi connectivity index (χ1n) is 8.18. The van der Waals surface area contributed by atoms with Crippen LogP contribution in [-0.2, 0) is 20.9 Å². The molecule has 1 aliphatic rings. The predicted octanol–water partition coefficient (Wildman–Crippen LogP) is 1.49. The fourth-order valence-electron chi connectivity index (χ4n) is 3.34. The lowest BCUT2D eigenvalue weighted by Crippen LogP contribution is -2.42. The molecule has 2 heterocycles. The molecule has 0 aliphatic carbocycles. The molecule has 0 saturated carbocycles. The van der Waals surface area contributed by atoms with Crippen LogP contribution in [0.25, 0.3) is 10.9 Å². The number of nitrogens with zero attached hydrogens (tertiary/aromatic N) is 2. The minimum atomic E-state index is -1.35. The number of ether oxygens (including phenoxy) is 1. The molecular formula is C18H19FN2O5. The van der Waals surface area contributed by atoms with Crippen molar-refractivity contribution in [2.45, 2.75) is 25.2 Å². The van der Waals surface area contributed by atoms with E-state index in [0.717, 1.165) is 4.90 Å². The Morgan fingerprint density at radius 3 is 2.73 bits per heavy atom. The highest BCUT2D eigenvalue weighted by atomic mass is 19.1. The lowest BCUT2D eigenvalue weighted by molar-refractivity contribution is -0.148. The van der Waals surface area contributed by atoms with Crippen LogP contribution in [0.3, 0.4) is 0 Å². The van der Waals surface area contributed by atoms with Crippen LogP contribution in [0.15, 0.2) is 30.5 Å². The third-order valence-corrected chi connectivity index (χ3v) is 4.53. The summed E-state index contributed by atoms with van der Waals surface area (Å²) in [7, 11) is 1.42. The van der Waals surface area contributed by atoms with E-state index in [1.807, 2.05) is 0 Å². The molecule has 1 fully saturated rings. The first kappa shape index (κ1) is 18.1. The number of Topliss-reactive ketones (excluding diaryl/α,β-unsaturated/α-hetero) is 1. The number of amides is 1. The fourth-order valence-corrected chi connectivity index (χ4v) is 3.34. The molecule has 2 aromatic rings. The van der Waals surface area contributed by atoms with E-state index in [1.165, 1.54) is 7.11 Å². The Labute approximate surface area is 148 Å². The number of hydrogen-bond donors (Lipinski definition) is 1. The van der Waals surface area contributed by atoms with E-state index in [0.29, 0.717) is 16.5 Å². The standard InChI is InChI=1S/C18H19FN2O5/c1-26-10-16(22)13-8-20(14-5-3-2-4-12(13)14)9-17(23)21-7-11(19)6-15(21)18(24)25/h2-5,8,11,15H,6-7,9-10H2,1H3,(H,24,25)/t11-,15+/m1/s1. The number of fused-ring (bicyclic) bond motifs is 1. The molecule has 3 rings (SSSR count). The summed E-state index contributed by atoms with van der Waals surface area (Å²) < 4.78 is 20.1. The van der Waals surface area contributed by atoms with Crippen LogP contribution in [0.5, 0.6) is 0 Å². The number of carbonyl (C=O) groups is 3. The molecule has 1 aliphatic heterocycles. The number of para-hydroxylation sites is 1. The summed E-state index contributed by atoms with van der Waals surface area (Å²) in [4.78, 5) is 37.1. The van der Waals surface area contributed by atoms with Gasteiger partial charge in [0.05, 0.1) is 6.54 Å². The van der Waals surface area contributed by atoms with Crippen LogP contribution in [0, 0.1) is 0 Å². The second-order valence-electron chi connectivity index (χ2n) is 6.28. The van der Waals surface area contributed by atoms with Gasteiger partial charge in [0.25, 0.3) is 0 Å². The van der Waals surface area contributed by atoms with Gasteiger partial charge in [-0.15, -0.1) is 0 Å². The van der Waals surface area contributed by atoms with Crippen LogP contribution in [0.4, 0.5) is 4.39 Å². The van der Waals surface area contributed by atoms with E-state index in [9.17, 15) is 23.9 Å². The summed E-state index contributed by atoms with van der Waals surface area (Å²) in [5, 5.41) is 9.88. The van der Waals surface area contributed by atoms with Gasteiger partial charge in [0.2, 0.25) is 5.91 Å². The van der Waals surface area contributed by atoms with Gasteiger partial charge < -0.3 is 19.3 Å². The number of benzene rings is 1. The lowest BCUT2D eigenvalue weighted by atomic mass is 10.1. The number of aromatic nitrogens is 1. The number of carboxylic acids is 1. The Balaban J connectivity index is 1.90. The van der Waals surface area contributed by atoms with Gasteiger partial charge in [0.1, 0.15) is 25.4 Å². The van der Waals surface area contributed by atoms with Crippen molar-refractivity contribution in [2.75, 3.05) is 20.3 Å². The molecule has 0 spiro atoms. The second kappa shape index (κ2) is 7.25. The van der Waals surface area contributed by atoms with Crippen molar-refractivity contribution in [1.82, 2.24) is 9.47 Å². The highest BCUT2D eigenvalue weighted by Gasteiger charge is 2.39. The average Bonchev–Trinajstić information content (AvgIpc) is 3.17. The molecule has 138 valence electrons. The van der Waals surface area contributed by atoms with Gasteiger partial charge >= 0.3 is 5.97 Å². The smallest absolute Gasteiger partial charge is 0.326 e. The number of aliphatic carboxylic acids is 1. The Bertz CT molecular complexity index is 862. The van der Waals surface area contributed by atoms with Gasteiger partial charge in [0.15, 0.2) is 5.78 Å².